The van der Waals surface area contributed by atoms with Crippen LogP contribution < -0.4 is 5.32 Å². The number of anilines is 1. The van der Waals surface area contributed by atoms with Gasteiger partial charge < -0.3 is 10.1 Å². The molecule has 1 aliphatic heterocycles. The van der Waals surface area contributed by atoms with Gasteiger partial charge in [-0.3, -0.25) is 19.8 Å². The Hall–Kier alpha value is -1.70. The molecule has 8 heteroatoms. The number of amides is 1. The summed E-state index contributed by atoms with van der Waals surface area (Å²) in [5.74, 6) is -0.164. The minimum absolute atomic E-state index is 0.101. The second-order valence-electron chi connectivity index (χ2n) is 7.72. The Kier molecular flexibility index (Phi) is 7.26. The highest BCUT2D eigenvalue weighted by molar-refractivity contribution is 6.34. The zero-order valence-corrected chi connectivity index (χ0v) is 17.0. The summed E-state index contributed by atoms with van der Waals surface area (Å²) >= 11 is 6.07. The van der Waals surface area contributed by atoms with Crippen LogP contribution in [0.4, 0.5) is 11.4 Å². The first-order valence-corrected chi connectivity index (χ1v) is 10.5. The first-order chi connectivity index (χ1) is 13.4. The molecule has 1 atom stereocenters. The van der Waals surface area contributed by atoms with Crippen LogP contribution in [0.5, 0.6) is 0 Å². The molecule has 2 aliphatic rings. The molecule has 28 heavy (non-hydrogen) atoms. The molecule has 3 rings (SSSR count). The summed E-state index contributed by atoms with van der Waals surface area (Å²) in [4.78, 5) is 25.0. The van der Waals surface area contributed by atoms with Gasteiger partial charge in [0.1, 0.15) is 0 Å². The highest BCUT2D eigenvalue weighted by atomic mass is 35.5. The number of benzene rings is 1. The van der Waals surface area contributed by atoms with Crippen molar-refractivity contribution < 1.29 is 14.5 Å². The maximum absolute atomic E-state index is 12.6. The van der Waals surface area contributed by atoms with Crippen LogP contribution in [-0.2, 0) is 9.53 Å². The number of piperidine rings is 1. The summed E-state index contributed by atoms with van der Waals surface area (Å²) in [6, 6.07) is 3.74. The predicted molar refractivity (Wildman–Crippen MR) is 109 cm³/mol. The van der Waals surface area contributed by atoms with Gasteiger partial charge in [-0.25, -0.2) is 0 Å². The molecule has 1 saturated heterocycles. The Morgan fingerprint density at radius 2 is 1.86 bits per heavy atom. The Morgan fingerprint density at radius 1 is 1.21 bits per heavy atom. The molecule has 1 amide bonds. The van der Waals surface area contributed by atoms with E-state index in [1.54, 1.807) is 0 Å². The third-order valence-corrected chi connectivity index (χ3v) is 6.07. The number of non-ortho nitro benzene ring substituents is 1. The highest BCUT2D eigenvalue weighted by Crippen LogP contribution is 2.28. The van der Waals surface area contributed by atoms with Gasteiger partial charge in [-0.1, -0.05) is 30.9 Å². The molecule has 7 nitrogen and oxygen atoms in total. The smallest absolute Gasteiger partial charge is 0.271 e. The summed E-state index contributed by atoms with van der Waals surface area (Å²) in [7, 11) is 0. The van der Waals surface area contributed by atoms with E-state index in [9.17, 15) is 14.9 Å². The average Bonchev–Trinajstić information content (AvgIpc) is 2.70. The number of carbonyl (C=O) groups is 1. The minimum atomic E-state index is -0.514. The van der Waals surface area contributed by atoms with Gasteiger partial charge in [0, 0.05) is 25.2 Å². The fraction of sp³-hybridized carbons (Fsp3) is 0.650. The van der Waals surface area contributed by atoms with E-state index in [0.717, 1.165) is 25.9 Å². The van der Waals surface area contributed by atoms with Crippen LogP contribution in [0.1, 0.15) is 51.9 Å². The Labute approximate surface area is 170 Å². The number of nitrogens with zero attached hydrogens (tertiary/aromatic N) is 2. The van der Waals surface area contributed by atoms with Crippen LogP contribution in [0.25, 0.3) is 0 Å². The van der Waals surface area contributed by atoms with Crippen molar-refractivity contribution in [3.63, 3.8) is 0 Å². The van der Waals surface area contributed by atoms with E-state index < -0.39 is 4.92 Å². The molecule has 0 aromatic heterocycles. The molecule has 1 N–H and O–H groups in total. The molecule has 1 aromatic rings. The van der Waals surface area contributed by atoms with Crippen molar-refractivity contribution in [2.24, 2.45) is 0 Å². The van der Waals surface area contributed by atoms with Crippen LogP contribution in [0.3, 0.4) is 0 Å². The van der Waals surface area contributed by atoms with Gasteiger partial charge in [0.15, 0.2) is 0 Å². The molecule has 0 radical (unpaired) electrons. The summed E-state index contributed by atoms with van der Waals surface area (Å²) < 4.78 is 6.26. The van der Waals surface area contributed by atoms with Crippen molar-refractivity contribution in [2.75, 3.05) is 18.4 Å². The van der Waals surface area contributed by atoms with Gasteiger partial charge in [-0.2, -0.15) is 0 Å². The van der Waals surface area contributed by atoms with Crippen LogP contribution in [-0.4, -0.2) is 47.1 Å². The second kappa shape index (κ2) is 9.67. The van der Waals surface area contributed by atoms with Crippen LogP contribution in [0, 0.1) is 10.1 Å². The lowest BCUT2D eigenvalue weighted by Gasteiger charge is -2.37. The third kappa shape index (κ3) is 5.43. The fourth-order valence-corrected chi connectivity index (χ4v) is 4.22. The number of nitro benzene ring substituents is 1. The van der Waals surface area contributed by atoms with Crippen LogP contribution in [0.2, 0.25) is 5.02 Å². The van der Waals surface area contributed by atoms with Gasteiger partial charge in [-0.15, -0.1) is 0 Å². The number of nitro groups is 1. The molecule has 154 valence electrons. The van der Waals surface area contributed by atoms with Crippen molar-refractivity contribution in [2.45, 2.75) is 70.1 Å². The second-order valence-corrected chi connectivity index (χ2v) is 8.13. The topological polar surface area (TPSA) is 84.7 Å². The van der Waals surface area contributed by atoms with Gasteiger partial charge in [-0.05, 0) is 38.7 Å². The number of rotatable bonds is 6. The largest absolute Gasteiger partial charge is 0.375 e. The van der Waals surface area contributed by atoms with Gasteiger partial charge in [0.2, 0.25) is 5.91 Å². The number of carbonyl (C=O) groups excluding carboxylic acids is 1. The van der Waals surface area contributed by atoms with Crippen molar-refractivity contribution in [3.05, 3.63) is 33.3 Å². The predicted octanol–water partition coefficient (Wildman–Crippen LogP) is 4.39. The maximum Gasteiger partial charge on any atom is 0.271 e. The van der Waals surface area contributed by atoms with E-state index in [1.807, 2.05) is 6.92 Å². The van der Waals surface area contributed by atoms with Gasteiger partial charge in [0.05, 0.1) is 33.9 Å². The van der Waals surface area contributed by atoms with Crippen molar-refractivity contribution in [1.82, 2.24) is 4.90 Å². The molecule has 1 aromatic carbocycles. The van der Waals surface area contributed by atoms with Gasteiger partial charge in [0.25, 0.3) is 5.69 Å². The summed E-state index contributed by atoms with van der Waals surface area (Å²) in [6.07, 6.45) is 8.79. The number of likely N-dealkylation sites (tertiary alicyclic amines) is 1. The number of hydrogen-bond acceptors (Lipinski definition) is 5. The third-order valence-electron chi connectivity index (χ3n) is 5.76. The van der Waals surface area contributed by atoms with Crippen LogP contribution >= 0.6 is 11.6 Å². The minimum Gasteiger partial charge on any atom is -0.375 e. The number of halogens is 1. The zero-order chi connectivity index (χ0) is 20.1. The number of hydrogen-bond donors (Lipinski definition) is 1. The fourth-order valence-electron chi connectivity index (χ4n) is 3.99. The Bertz CT molecular complexity index is 701. The maximum atomic E-state index is 12.6. The lowest BCUT2D eigenvalue weighted by molar-refractivity contribution is -0.384. The first-order valence-electron chi connectivity index (χ1n) is 10.1. The zero-order valence-electron chi connectivity index (χ0n) is 16.2. The molecule has 0 bridgehead atoms. The average molecular weight is 410 g/mol. The Morgan fingerprint density at radius 3 is 2.46 bits per heavy atom. The van der Waals surface area contributed by atoms with E-state index in [0.29, 0.717) is 17.9 Å². The van der Waals surface area contributed by atoms with E-state index in [-0.39, 0.29) is 22.7 Å². The van der Waals surface area contributed by atoms with E-state index >= 15 is 0 Å². The van der Waals surface area contributed by atoms with Crippen molar-refractivity contribution >= 4 is 28.9 Å². The molecule has 1 aliphatic carbocycles. The number of ether oxygens (including phenoxy) is 1. The Balaban J connectivity index is 1.48. The van der Waals surface area contributed by atoms with E-state index in [2.05, 4.69) is 10.2 Å². The number of nitrogens with one attached hydrogen (secondary N) is 1. The summed E-state index contributed by atoms with van der Waals surface area (Å²) in [5.41, 5.74) is 0.288. The van der Waals surface area contributed by atoms with E-state index in [1.165, 1.54) is 50.3 Å². The SMILES string of the molecule is CC(C(=O)Nc1ccc([N+](=O)[O-])cc1Cl)N1CCC(OC2CCCCC2)CC1. The molecule has 1 unspecified atom stereocenters. The molecule has 1 heterocycles. The first kappa shape index (κ1) is 21.0. The van der Waals surface area contributed by atoms with Crippen LogP contribution in [0.15, 0.2) is 18.2 Å². The molecular formula is C20H28ClN3O4. The lowest BCUT2D eigenvalue weighted by Crippen LogP contribution is -2.47. The monoisotopic (exact) mass is 409 g/mol. The quantitative estimate of drug-likeness (QED) is 0.556. The molecular weight excluding hydrogens is 382 g/mol. The standard InChI is InChI=1S/C20H28ClN3O4/c1-14(20(25)22-19-8-7-15(24(26)27)13-18(19)21)23-11-9-17(10-12-23)28-16-5-3-2-4-6-16/h7-8,13-14,16-17H,2-6,9-12H2,1H3,(H,22,25). The lowest BCUT2D eigenvalue weighted by atomic mass is 9.97. The molecule has 0 spiro atoms. The molecule has 1 saturated carbocycles. The summed E-state index contributed by atoms with van der Waals surface area (Å²) in [5, 5.41) is 13.7. The molecule has 2 fully saturated rings. The summed E-state index contributed by atoms with van der Waals surface area (Å²) in [6.45, 7) is 3.51. The van der Waals surface area contributed by atoms with Crippen molar-refractivity contribution in [3.8, 4) is 0 Å². The normalized spacial score (nSPS) is 20.6. The highest BCUT2D eigenvalue weighted by Gasteiger charge is 2.29. The van der Waals surface area contributed by atoms with E-state index in [4.69, 9.17) is 16.3 Å². The van der Waals surface area contributed by atoms with Gasteiger partial charge >= 0.3 is 0 Å². The van der Waals surface area contributed by atoms with Crippen molar-refractivity contribution in [1.29, 1.82) is 0 Å².